The van der Waals surface area contributed by atoms with Gasteiger partial charge in [-0.15, -0.1) is 23.2 Å². The molecule has 7 heteroatoms. The van der Waals surface area contributed by atoms with Gasteiger partial charge in [-0.05, 0) is 31.9 Å². The predicted molar refractivity (Wildman–Crippen MR) is 68.6 cm³/mol. The van der Waals surface area contributed by atoms with Crippen molar-refractivity contribution in [3.05, 3.63) is 25.5 Å². The van der Waals surface area contributed by atoms with Gasteiger partial charge >= 0.3 is 0 Å². The van der Waals surface area contributed by atoms with Crippen molar-refractivity contribution in [1.29, 1.82) is 0 Å². The molecule has 1 atom stereocenters. The Kier molecular flexibility index (Phi) is 5.09. The van der Waals surface area contributed by atoms with Gasteiger partial charge in [0.15, 0.2) is 0 Å². The molecule has 0 amide bonds. The highest BCUT2D eigenvalue weighted by molar-refractivity contribution is 9.13. The van der Waals surface area contributed by atoms with Crippen molar-refractivity contribution < 1.29 is 0 Å². The average Bonchev–Trinajstić information content (AvgIpc) is 2.18. The Balaban J connectivity index is 2.97. The van der Waals surface area contributed by atoms with E-state index in [1.807, 2.05) is 6.92 Å². The van der Waals surface area contributed by atoms with Gasteiger partial charge in [0.1, 0.15) is 9.31 Å². The molecule has 1 heterocycles. The van der Waals surface area contributed by atoms with Gasteiger partial charge in [-0.2, -0.15) is 5.10 Å². The van der Waals surface area contributed by atoms with Crippen LogP contribution in [0.2, 0.25) is 0 Å². The second-order valence-corrected chi connectivity index (χ2v) is 5.92. The van der Waals surface area contributed by atoms with Crippen LogP contribution in [0.15, 0.2) is 19.9 Å². The summed E-state index contributed by atoms with van der Waals surface area (Å²) in [5.74, 6) is -0.0355. The highest BCUT2D eigenvalue weighted by Gasteiger charge is 2.14. The number of halogens is 4. The molecule has 0 aliphatic heterocycles. The van der Waals surface area contributed by atoms with Gasteiger partial charge in [0.25, 0.3) is 5.56 Å². The smallest absolute Gasteiger partial charge is 0.266 e. The highest BCUT2D eigenvalue weighted by Crippen LogP contribution is 2.18. The fraction of sp³-hybridized carbons (Fsp3) is 0.500. The van der Waals surface area contributed by atoms with Crippen molar-refractivity contribution in [1.82, 2.24) is 9.78 Å². The molecule has 0 spiro atoms. The van der Waals surface area contributed by atoms with E-state index in [2.05, 4.69) is 37.0 Å². The molecule has 0 radical (unpaired) electrons. The molecule has 0 aliphatic rings. The SMILES string of the molecule is CC(Cn1ncc(Br)c(Br)c1=O)C(Cl)Cl. The number of rotatable bonds is 3. The molecule has 0 saturated carbocycles. The van der Waals surface area contributed by atoms with Gasteiger partial charge in [0.2, 0.25) is 0 Å². The third-order valence-corrected chi connectivity index (χ3v) is 4.59. The minimum absolute atomic E-state index is 0.0355. The van der Waals surface area contributed by atoms with Crippen molar-refractivity contribution in [2.24, 2.45) is 5.92 Å². The summed E-state index contributed by atoms with van der Waals surface area (Å²) < 4.78 is 2.41. The van der Waals surface area contributed by atoms with Crippen LogP contribution in [0.25, 0.3) is 0 Å². The first kappa shape index (κ1) is 13.5. The Bertz CT molecular complexity index is 408. The van der Waals surface area contributed by atoms with Crippen LogP contribution >= 0.6 is 55.1 Å². The summed E-state index contributed by atoms with van der Waals surface area (Å²) in [4.78, 5) is 11.2. The van der Waals surface area contributed by atoms with Crippen LogP contribution in [0.5, 0.6) is 0 Å². The van der Waals surface area contributed by atoms with E-state index in [1.54, 1.807) is 6.20 Å². The first-order chi connectivity index (χ1) is 6.93. The first-order valence-electron chi connectivity index (χ1n) is 4.12. The van der Waals surface area contributed by atoms with Crippen LogP contribution in [0, 0.1) is 5.92 Å². The monoisotopic (exact) mass is 376 g/mol. The number of aromatic nitrogens is 2. The summed E-state index contributed by atoms with van der Waals surface area (Å²) in [5, 5.41) is 3.97. The molecule has 1 aromatic heterocycles. The number of nitrogens with zero attached hydrogens (tertiary/aromatic N) is 2. The summed E-state index contributed by atoms with van der Waals surface area (Å²) in [5.41, 5.74) is -0.204. The molecular formula is C8H8Br2Cl2N2O. The first-order valence-corrected chi connectivity index (χ1v) is 6.58. The standard InChI is InChI=1S/C8H8Br2Cl2N2O/c1-4(7(11)12)3-14-8(15)6(10)5(9)2-13-14/h2,4,7H,3H2,1H3. The lowest BCUT2D eigenvalue weighted by Gasteiger charge is -2.13. The molecule has 0 N–H and O–H groups in total. The van der Waals surface area contributed by atoms with Crippen molar-refractivity contribution >= 4 is 55.1 Å². The molecule has 0 aliphatic carbocycles. The summed E-state index contributed by atoms with van der Waals surface area (Å²) in [6.45, 7) is 2.25. The summed E-state index contributed by atoms with van der Waals surface area (Å²) >= 11 is 17.8. The molecule has 1 rings (SSSR count). The van der Waals surface area contributed by atoms with Crippen LogP contribution < -0.4 is 5.56 Å². The largest absolute Gasteiger partial charge is 0.282 e. The van der Waals surface area contributed by atoms with Gasteiger partial charge in [-0.3, -0.25) is 4.79 Å². The van der Waals surface area contributed by atoms with Crippen LogP contribution in [-0.2, 0) is 6.54 Å². The molecule has 1 aromatic rings. The maximum atomic E-state index is 11.7. The molecule has 3 nitrogen and oxygen atoms in total. The Labute approximate surface area is 114 Å². The maximum absolute atomic E-state index is 11.7. The zero-order valence-electron chi connectivity index (χ0n) is 7.75. The van der Waals surface area contributed by atoms with E-state index < -0.39 is 4.84 Å². The van der Waals surface area contributed by atoms with Crippen molar-refractivity contribution in [2.75, 3.05) is 0 Å². The van der Waals surface area contributed by atoms with Crippen LogP contribution in [0.4, 0.5) is 0 Å². The van der Waals surface area contributed by atoms with E-state index in [9.17, 15) is 4.79 Å². The van der Waals surface area contributed by atoms with E-state index >= 15 is 0 Å². The van der Waals surface area contributed by atoms with Crippen LogP contribution in [0.3, 0.4) is 0 Å². The predicted octanol–water partition coefficient (Wildman–Crippen LogP) is 3.21. The Morgan fingerprint density at radius 1 is 1.53 bits per heavy atom. The maximum Gasteiger partial charge on any atom is 0.282 e. The van der Waals surface area contributed by atoms with Crippen LogP contribution in [0.1, 0.15) is 6.92 Å². The number of hydrogen-bond acceptors (Lipinski definition) is 2. The minimum atomic E-state index is -0.513. The summed E-state index contributed by atoms with van der Waals surface area (Å²) in [6.07, 6.45) is 1.55. The van der Waals surface area contributed by atoms with E-state index in [0.29, 0.717) is 15.5 Å². The summed E-state index contributed by atoms with van der Waals surface area (Å²) in [7, 11) is 0. The molecule has 15 heavy (non-hydrogen) atoms. The van der Waals surface area contributed by atoms with E-state index in [4.69, 9.17) is 23.2 Å². The number of alkyl halides is 2. The van der Waals surface area contributed by atoms with Crippen molar-refractivity contribution in [3.8, 4) is 0 Å². The van der Waals surface area contributed by atoms with Gasteiger partial charge in [-0.25, -0.2) is 4.68 Å². The highest BCUT2D eigenvalue weighted by atomic mass is 79.9. The van der Waals surface area contributed by atoms with E-state index in [-0.39, 0.29) is 11.5 Å². The fourth-order valence-corrected chi connectivity index (χ4v) is 1.66. The molecule has 1 unspecified atom stereocenters. The van der Waals surface area contributed by atoms with E-state index in [1.165, 1.54) is 4.68 Å². The lowest BCUT2D eigenvalue weighted by Crippen LogP contribution is -2.28. The molecular weight excluding hydrogens is 371 g/mol. The minimum Gasteiger partial charge on any atom is -0.266 e. The Morgan fingerprint density at radius 2 is 2.13 bits per heavy atom. The molecule has 0 fully saturated rings. The Morgan fingerprint density at radius 3 is 2.67 bits per heavy atom. The third-order valence-electron chi connectivity index (χ3n) is 1.83. The second kappa shape index (κ2) is 5.66. The summed E-state index contributed by atoms with van der Waals surface area (Å²) in [6, 6.07) is 0. The average molecular weight is 379 g/mol. The number of hydrogen-bond donors (Lipinski definition) is 0. The van der Waals surface area contributed by atoms with Gasteiger partial charge in [0.05, 0.1) is 17.2 Å². The van der Waals surface area contributed by atoms with Crippen molar-refractivity contribution in [2.45, 2.75) is 18.3 Å². The van der Waals surface area contributed by atoms with Gasteiger partial charge in [0, 0.05) is 5.92 Å². The molecule has 0 saturated heterocycles. The van der Waals surface area contributed by atoms with Gasteiger partial charge in [-0.1, -0.05) is 6.92 Å². The van der Waals surface area contributed by atoms with Crippen molar-refractivity contribution in [3.63, 3.8) is 0 Å². The normalized spacial score (nSPS) is 13.2. The zero-order valence-corrected chi connectivity index (χ0v) is 12.4. The quantitative estimate of drug-likeness (QED) is 0.757. The fourth-order valence-electron chi connectivity index (χ4n) is 0.927. The topological polar surface area (TPSA) is 34.9 Å². The van der Waals surface area contributed by atoms with E-state index in [0.717, 1.165) is 0 Å². The second-order valence-electron chi connectivity index (χ2n) is 3.11. The lowest BCUT2D eigenvalue weighted by molar-refractivity contribution is 0.452. The molecule has 84 valence electrons. The van der Waals surface area contributed by atoms with Gasteiger partial charge < -0.3 is 0 Å². The Hall–Kier alpha value is 0.420. The third kappa shape index (κ3) is 3.44. The van der Waals surface area contributed by atoms with Crippen LogP contribution in [-0.4, -0.2) is 14.6 Å². The molecule has 0 aromatic carbocycles. The zero-order chi connectivity index (χ0) is 11.6. The molecule has 0 bridgehead atoms. The lowest BCUT2D eigenvalue weighted by atomic mass is 10.2.